The Labute approximate surface area is 159 Å². The van der Waals surface area contributed by atoms with Crippen LogP contribution in [0.5, 0.6) is 6.01 Å². The van der Waals surface area contributed by atoms with Crippen LogP contribution in [0.2, 0.25) is 0 Å². The van der Waals surface area contributed by atoms with Gasteiger partial charge in [0.2, 0.25) is 6.41 Å². The van der Waals surface area contributed by atoms with Gasteiger partial charge in [0.25, 0.3) is 0 Å². The van der Waals surface area contributed by atoms with Crippen molar-refractivity contribution in [1.82, 2.24) is 20.3 Å². The summed E-state index contributed by atoms with van der Waals surface area (Å²) in [5, 5.41) is 6.00. The summed E-state index contributed by atoms with van der Waals surface area (Å²) in [4.78, 5) is 26.1. The highest BCUT2D eigenvalue weighted by Gasteiger charge is 2.18. The molecule has 0 bridgehead atoms. The standard InChI is InChI=1S/C18H27N7O2/c1-4-5-8-27-18-23-16(19)15(21-3)17(24-18)25(12-26)11-13-6-7-14(10-20-2)22-9-13/h6-7,9,12,20-21H,4-5,8,10-11H2,1-3H3,(H2,19,23,24). The zero-order chi connectivity index (χ0) is 19.6. The molecule has 0 saturated carbocycles. The van der Waals surface area contributed by atoms with Crippen LogP contribution in [0.1, 0.15) is 31.0 Å². The quantitative estimate of drug-likeness (QED) is 0.401. The Morgan fingerprint density at radius 3 is 2.70 bits per heavy atom. The highest BCUT2D eigenvalue weighted by Crippen LogP contribution is 2.30. The number of aromatic nitrogens is 3. The highest BCUT2D eigenvalue weighted by atomic mass is 16.5. The molecule has 1 amide bonds. The summed E-state index contributed by atoms with van der Waals surface area (Å²) in [6, 6.07) is 4.00. The Morgan fingerprint density at radius 2 is 2.11 bits per heavy atom. The Balaban J connectivity index is 2.26. The number of carbonyl (C=O) groups excluding carboxylic acids is 1. The second-order valence-electron chi connectivity index (χ2n) is 5.96. The molecular weight excluding hydrogens is 346 g/mol. The van der Waals surface area contributed by atoms with Gasteiger partial charge in [-0.25, -0.2) is 0 Å². The largest absolute Gasteiger partial charge is 0.463 e. The molecule has 0 aromatic carbocycles. The summed E-state index contributed by atoms with van der Waals surface area (Å²) in [5.41, 5.74) is 8.29. The zero-order valence-electron chi connectivity index (χ0n) is 16.0. The fraction of sp³-hybridized carbons (Fsp3) is 0.444. The molecule has 0 aliphatic heterocycles. The normalized spacial score (nSPS) is 10.5. The van der Waals surface area contributed by atoms with Crippen LogP contribution in [-0.2, 0) is 17.9 Å². The molecular formula is C18H27N7O2. The van der Waals surface area contributed by atoms with E-state index in [9.17, 15) is 4.79 Å². The first-order chi connectivity index (χ1) is 13.1. The number of nitrogen functional groups attached to an aromatic ring is 1. The van der Waals surface area contributed by atoms with Gasteiger partial charge in [0.15, 0.2) is 11.6 Å². The Bertz CT molecular complexity index is 737. The number of anilines is 3. The minimum atomic E-state index is 0.157. The predicted molar refractivity (Wildman–Crippen MR) is 106 cm³/mol. The van der Waals surface area contributed by atoms with E-state index in [4.69, 9.17) is 10.5 Å². The minimum Gasteiger partial charge on any atom is -0.463 e. The number of carbonyl (C=O) groups is 1. The maximum Gasteiger partial charge on any atom is 0.320 e. The van der Waals surface area contributed by atoms with Crippen molar-refractivity contribution in [1.29, 1.82) is 0 Å². The number of nitrogens with one attached hydrogen (secondary N) is 2. The Kier molecular flexibility index (Phi) is 7.75. The van der Waals surface area contributed by atoms with Gasteiger partial charge >= 0.3 is 6.01 Å². The van der Waals surface area contributed by atoms with Gasteiger partial charge in [-0.2, -0.15) is 9.97 Å². The van der Waals surface area contributed by atoms with Gasteiger partial charge in [-0.1, -0.05) is 19.4 Å². The number of hydrogen-bond donors (Lipinski definition) is 3. The molecule has 2 aromatic rings. The van der Waals surface area contributed by atoms with Crippen LogP contribution in [0.4, 0.5) is 17.3 Å². The molecule has 0 saturated heterocycles. The number of hydrogen-bond acceptors (Lipinski definition) is 8. The van der Waals surface area contributed by atoms with Crippen LogP contribution < -0.4 is 26.0 Å². The van der Waals surface area contributed by atoms with Gasteiger partial charge in [-0.05, 0) is 25.1 Å². The van der Waals surface area contributed by atoms with Crippen molar-refractivity contribution >= 4 is 23.7 Å². The molecule has 2 aromatic heterocycles. The maximum absolute atomic E-state index is 11.8. The van der Waals surface area contributed by atoms with E-state index >= 15 is 0 Å². The first-order valence-electron chi connectivity index (χ1n) is 8.91. The van der Waals surface area contributed by atoms with Crippen LogP contribution >= 0.6 is 0 Å². The molecule has 0 aliphatic carbocycles. The highest BCUT2D eigenvalue weighted by molar-refractivity contribution is 5.85. The van der Waals surface area contributed by atoms with Gasteiger partial charge in [0, 0.05) is 19.8 Å². The SMILES string of the molecule is CCCCOc1nc(N)c(NC)c(N(C=O)Cc2ccc(CNC)nc2)n1. The lowest BCUT2D eigenvalue weighted by Gasteiger charge is -2.21. The van der Waals surface area contributed by atoms with E-state index in [1.807, 2.05) is 19.2 Å². The summed E-state index contributed by atoms with van der Waals surface area (Å²) in [7, 11) is 3.57. The summed E-state index contributed by atoms with van der Waals surface area (Å²) >= 11 is 0. The number of amides is 1. The number of unbranched alkanes of at least 4 members (excludes halogenated alkanes) is 1. The van der Waals surface area contributed by atoms with Gasteiger partial charge in [-0.15, -0.1) is 0 Å². The monoisotopic (exact) mass is 373 g/mol. The van der Waals surface area contributed by atoms with E-state index in [1.165, 1.54) is 4.90 Å². The van der Waals surface area contributed by atoms with Gasteiger partial charge < -0.3 is 21.1 Å². The lowest BCUT2D eigenvalue weighted by atomic mass is 10.2. The molecule has 0 unspecified atom stereocenters. The van der Waals surface area contributed by atoms with E-state index in [-0.39, 0.29) is 11.8 Å². The molecule has 0 atom stereocenters. The summed E-state index contributed by atoms with van der Waals surface area (Å²) in [6.45, 7) is 3.54. The Hall–Kier alpha value is -2.94. The van der Waals surface area contributed by atoms with E-state index in [2.05, 4.69) is 32.5 Å². The van der Waals surface area contributed by atoms with E-state index in [0.717, 1.165) is 24.1 Å². The third-order valence-electron chi connectivity index (χ3n) is 3.87. The number of nitrogens with two attached hydrogens (primary N) is 1. The smallest absolute Gasteiger partial charge is 0.320 e. The lowest BCUT2D eigenvalue weighted by Crippen LogP contribution is -2.24. The third kappa shape index (κ3) is 5.52. The predicted octanol–water partition coefficient (Wildman–Crippen LogP) is 1.56. The van der Waals surface area contributed by atoms with Gasteiger partial charge in [0.1, 0.15) is 5.69 Å². The number of nitrogens with zero attached hydrogens (tertiary/aromatic N) is 4. The van der Waals surface area contributed by atoms with Crippen LogP contribution in [0.3, 0.4) is 0 Å². The molecule has 27 heavy (non-hydrogen) atoms. The molecule has 0 aliphatic rings. The van der Waals surface area contributed by atoms with Crippen LogP contribution in [0.15, 0.2) is 18.3 Å². The van der Waals surface area contributed by atoms with Crippen molar-refractivity contribution in [2.45, 2.75) is 32.9 Å². The number of rotatable bonds is 11. The molecule has 2 heterocycles. The van der Waals surface area contributed by atoms with Crippen LogP contribution in [0, 0.1) is 0 Å². The Morgan fingerprint density at radius 1 is 1.30 bits per heavy atom. The zero-order valence-corrected chi connectivity index (χ0v) is 16.0. The van der Waals surface area contributed by atoms with E-state index < -0.39 is 0 Å². The molecule has 0 spiro atoms. The van der Waals surface area contributed by atoms with E-state index in [0.29, 0.717) is 37.6 Å². The fourth-order valence-corrected chi connectivity index (χ4v) is 2.46. The number of ether oxygens (including phenoxy) is 1. The maximum atomic E-state index is 11.8. The molecule has 9 nitrogen and oxygen atoms in total. The van der Waals surface area contributed by atoms with Crippen LogP contribution in [-0.4, -0.2) is 42.1 Å². The second-order valence-corrected chi connectivity index (χ2v) is 5.96. The minimum absolute atomic E-state index is 0.157. The van der Waals surface area contributed by atoms with Crippen molar-refractivity contribution < 1.29 is 9.53 Å². The topological polar surface area (TPSA) is 118 Å². The van der Waals surface area contributed by atoms with Crippen molar-refractivity contribution in [3.05, 3.63) is 29.6 Å². The van der Waals surface area contributed by atoms with E-state index in [1.54, 1.807) is 13.2 Å². The van der Waals surface area contributed by atoms with Crippen molar-refractivity contribution in [2.75, 3.05) is 36.7 Å². The fourth-order valence-electron chi connectivity index (χ4n) is 2.46. The first kappa shape index (κ1) is 20.4. The molecule has 146 valence electrons. The third-order valence-corrected chi connectivity index (χ3v) is 3.87. The molecule has 0 fully saturated rings. The molecule has 9 heteroatoms. The number of pyridine rings is 1. The first-order valence-corrected chi connectivity index (χ1v) is 8.91. The van der Waals surface area contributed by atoms with Crippen molar-refractivity contribution in [3.8, 4) is 6.01 Å². The summed E-state index contributed by atoms with van der Waals surface area (Å²) in [6.07, 6.45) is 4.33. The molecule has 4 N–H and O–H groups in total. The van der Waals surface area contributed by atoms with Gasteiger partial charge in [-0.3, -0.25) is 14.7 Å². The molecule has 0 radical (unpaired) electrons. The second kappa shape index (κ2) is 10.3. The average Bonchev–Trinajstić information content (AvgIpc) is 2.67. The lowest BCUT2D eigenvalue weighted by molar-refractivity contribution is -0.107. The van der Waals surface area contributed by atoms with Gasteiger partial charge in [0.05, 0.1) is 18.8 Å². The van der Waals surface area contributed by atoms with Crippen molar-refractivity contribution in [3.63, 3.8) is 0 Å². The van der Waals surface area contributed by atoms with Crippen molar-refractivity contribution in [2.24, 2.45) is 0 Å². The molecule has 2 rings (SSSR count). The average molecular weight is 373 g/mol. The summed E-state index contributed by atoms with van der Waals surface area (Å²) < 4.78 is 5.56. The summed E-state index contributed by atoms with van der Waals surface area (Å²) in [5.74, 6) is 0.592. The van der Waals surface area contributed by atoms with Crippen LogP contribution in [0.25, 0.3) is 0 Å².